The van der Waals surface area contributed by atoms with Crippen LogP contribution in [0.2, 0.25) is 10.0 Å². The van der Waals surface area contributed by atoms with Crippen molar-refractivity contribution in [2.24, 2.45) is 5.73 Å². The van der Waals surface area contributed by atoms with E-state index >= 15 is 0 Å². The third-order valence-electron chi connectivity index (χ3n) is 3.91. The fourth-order valence-corrected chi connectivity index (χ4v) is 3.47. The zero-order valence-electron chi connectivity index (χ0n) is 11.6. The summed E-state index contributed by atoms with van der Waals surface area (Å²) in [5.74, 6) is 0. The summed E-state index contributed by atoms with van der Waals surface area (Å²) in [4.78, 5) is 2.47. The molecule has 19 heavy (non-hydrogen) atoms. The lowest BCUT2D eigenvalue weighted by molar-refractivity contribution is 0.144. The number of benzene rings is 1. The standard InChI is InChI=1S/C15H22Cl2N2/c1-10(2)19-8-4-3-5-14(18)15(19)12-7-6-11(16)9-13(12)17/h6-7,9-10,14-15H,3-5,8,18H2,1-2H3. The molecular formula is C15H22Cl2N2. The maximum absolute atomic E-state index is 6.41. The molecule has 1 heterocycles. The molecule has 0 bridgehead atoms. The van der Waals surface area contributed by atoms with Crippen LogP contribution >= 0.6 is 23.2 Å². The zero-order chi connectivity index (χ0) is 14.0. The van der Waals surface area contributed by atoms with Crippen LogP contribution in [0.15, 0.2) is 18.2 Å². The number of nitrogens with zero attached hydrogens (tertiary/aromatic N) is 1. The second-order valence-electron chi connectivity index (χ2n) is 5.60. The van der Waals surface area contributed by atoms with Crippen LogP contribution in [0.4, 0.5) is 0 Å². The molecule has 106 valence electrons. The van der Waals surface area contributed by atoms with Crippen LogP contribution in [-0.2, 0) is 0 Å². The number of hydrogen-bond acceptors (Lipinski definition) is 2. The van der Waals surface area contributed by atoms with Gasteiger partial charge in [0.2, 0.25) is 0 Å². The Balaban J connectivity index is 2.40. The van der Waals surface area contributed by atoms with E-state index in [1.54, 1.807) is 0 Å². The van der Waals surface area contributed by atoms with Gasteiger partial charge < -0.3 is 5.73 Å². The highest BCUT2D eigenvalue weighted by atomic mass is 35.5. The smallest absolute Gasteiger partial charge is 0.0516 e. The molecule has 2 N–H and O–H groups in total. The molecule has 1 fully saturated rings. The number of likely N-dealkylation sites (tertiary alicyclic amines) is 1. The molecule has 0 amide bonds. The van der Waals surface area contributed by atoms with E-state index in [9.17, 15) is 0 Å². The van der Waals surface area contributed by atoms with E-state index in [2.05, 4.69) is 18.7 Å². The predicted octanol–water partition coefficient (Wildman–Crippen LogP) is 4.26. The lowest BCUT2D eigenvalue weighted by Gasteiger charge is -2.37. The van der Waals surface area contributed by atoms with Gasteiger partial charge in [0.05, 0.1) is 6.04 Å². The molecule has 0 radical (unpaired) electrons. The first-order valence-electron chi connectivity index (χ1n) is 6.97. The third kappa shape index (κ3) is 3.43. The van der Waals surface area contributed by atoms with Gasteiger partial charge in [0.1, 0.15) is 0 Å². The van der Waals surface area contributed by atoms with Crippen molar-refractivity contribution in [3.8, 4) is 0 Å². The van der Waals surface area contributed by atoms with E-state index < -0.39 is 0 Å². The average molecular weight is 301 g/mol. The summed E-state index contributed by atoms with van der Waals surface area (Å²) >= 11 is 12.4. The first-order chi connectivity index (χ1) is 9.00. The third-order valence-corrected chi connectivity index (χ3v) is 4.47. The summed E-state index contributed by atoms with van der Waals surface area (Å²) < 4.78 is 0. The van der Waals surface area contributed by atoms with Crippen molar-refractivity contribution in [2.45, 2.75) is 51.2 Å². The molecule has 2 rings (SSSR count). The van der Waals surface area contributed by atoms with E-state index in [4.69, 9.17) is 28.9 Å². The summed E-state index contributed by atoms with van der Waals surface area (Å²) in [6, 6.07) is 6.51. The Morgan fingerprint density at radius 3 is 2.63 bits per heavy atom. The fraction of sp³-hybridized carbons (Fsp3) is 0.600. The van der Waals surface area contributed by atoms with Crippen LogP contribution in [0, 0.1) is 0 Å². The minimum Gasteiger partial charge on any atom is -0.326 e. The van der Waals surface area contributed by atoms with Gasteiger partial charge in [-0.2, -0.15) is 0 Å². The first kappa shape index (κ1) is 15.1. The molecule has 1 aromatic rings. The number of halogens is 2. The van der Waals surface area contributed by atoms with Gasteiger partial charge in [-0.15, -0.1) is 0 Å². The lowest BCUT2D eigenvalue weighted by atomic mass is 9.95. The van der Waals surface area contributed by atoms with E-state index in [0.29, 0.717) is 11.1 Å². The van der Waals surface area contributed by atoms with Crippen LogP contribution < -0.4 is 5.73 Å². The maximum Gasteiger partial charge on any atom is 0.0516 e. The Hall–Kier alpha value is -0.280. The normalized spacial score (nSPS) is 25.6. The summed E-state index contributed by atoms with van der Waals surface area (Å²) in [7, 11) is 0. The number of rotatable bonds is 2. The SMILES string of the molecule is CC(C)N1CCCCC(N)C1c1ccc(Cl)cc1Cl. The summed E-state index contributed by atoms with van der Waals surface area (Å²) in [5, 5.41) is 1.40. The van der Waals surface area contributed by atoms with Crippen LogP contribution in [0.25, 0.3) is 0 Å². The number of hydrogen-bond donors (Lipinski definition) is 1. The van der Waals surface area contributed by atoms with Gasteiger partial charge in [0, 0.05) is 22.1 Å². The molecule has 0 aliphatic carbocycles. The molecule has 0 spiro atoms. The highest BCUT2D eigenvalue weighted by molar-refractivity contribution is 6.35. The van der Waals surface area contributed by atoms with E-state index in [1.807, 2.05) is 18.2 Å². The van der Waals surface area contributed by atoms with Gasteiger partial charge >= 0.3 is 0 Å². The van der Waals surface area contributed by atoms with Crippen molar-refractivity contribution >= 4 is 23.2 Å². The minimum atomic E-state index is 0.128. The molecule has 0 aromatic heterocycles. The Kier molecular flexibility index (Phi) is 5.13. The predicted molar refractivity (Wildman–Crippen MR) is 82.9 cm³/mol. The van der Waals surface area contributed by atoms with Gasteiger partial charge in [-0.3, -0.25) is 4.90 Å². The van der Waals surface area contributed by atoms with Crippen LogP contribution in [0.3, 0.4) is 0 Å². The van der Waals surface area contributed by atoms with E-state index in [1.165, 1.54) is 12.8 Å². The van der Waals surface area contributed by atoms with Crippen molar-refractivity contribution in [3.63, 3.8) is 0 Å². The van der Waals surface area contributed by atoms with Crippen molar-refractivity contribution < 1.29 is 0 Å². The second kappa shape index (κ2) is 6.45. The monoisotopic (exact) mass is 300 g/mol. The van der Waals surface area contributed by atoms with Crippen molar-refractivity contribution in [3.05, 3.63) is 33.8 Å². The molecule has 1 aliphatic rings. The molecule has 1 aliphatic heterocycles. The van der Waals surface area contributed by atoms with Gasteiger partial charge in [-0.1, -0.05) is 35.7 Å². The molecule has 0 saturated carbocycles. The molecule has 2 nitrogen and oxygen atoms in total. The molecular weight excluding hydrogens is 279 g/mol. The Morgan fingerprint density at radius 1 is 1.26 bits per heavy atom. The molecule has 2 unspecified atom stereocenters. The molecule has 1 saturated heterocycles. The van der Waals surface area contributed by atoms with Crippen molar-refractivity contribution in [1.82, 2.24) is 4.90 Å². The van der Waals surface area contributed by atoms with Gasteiger partial charge in [0.25, 0.3) is 0 Å². The summed E-state index contributed by atoms with van der Waals surface area (Å²) in [6.45, 7) is 5.51. The van der Waals surface area contributed by atoms with Gasteiger partial charge in [-0.05, 0) is 50.9 Å². The molecule has 1 aromatic carbocycles. The Morgan fingerprint density at radius 2 is 2.00 bits per heavy atom. The summed E-state index contributed by atoms with van der Waals surface area (Å²) in [6.07, 6.45) is 3.44. The molecule has 4 heteroatoms. The topological polar surface area (TPSA) is 29.3 Å². The first-order valence-corrected chi connectivity index (χ1v) is 7.72. The molecule has 2 atom stereocenters. The fourth-order valence-electron chi connectivity index (χ4n) is 2.95. The minimum absolute atomic E-state index is 0.128. The highest BCUT2D eigenvalue weighted by Crippen LogP contribution is 2.35. The van der Waals surface area contributed by atoms with Crippen molar-refractivity contribution in [1.29, 1.82) is 0 Å². The zero-order valence-corrected chi connectivity index (χ0v) is 13.1. The Bertz CT molecular complexity index is 434. The maximum atomic E-state index is 6.41. The van der Waals surface area contributed by atoms with E-state index in [-0.39, 0.29) is 12.1 Å². The summed E-state index contributed by atoms with van der Waals surface area (Å²) in [5.41, 5.74) is 7.52. The van der Waals surface area contributed by atoms with Crippen LogP contribution in [-0.4, -0.2) is 23.5 Å². The lowest BCUT2D eigenvalue weighted by Crippen LogP contribution is -2.43. The van der Waals surface area contributed by atoms with E-state index in [0.717, 1.165) is 23.6 Å². The van der Waals surface area contributed by atoms with Crippen LogP contribution in [0.1, 0.15) is 44.7 Å². The second-order valence-corrected chi connectivity index (χ2v) is 6.45. The van der Waals surface area contributed by atoms with Gasteiger partial charge in [0.15, 0.2) is 0 Å². The van der Waals surface area contributed by atoms with Crippen LogP contribution in [0.5, 0.6) is 0 Å². The van der Waals surface area contributed by atoms with Crippen molar-refractivity contribution in [2.75, 3.05) is 6.54 Å². The highest BCUT2D eigenvalue weighted by Gasteiger charge is 2.31. The average Bonchev–Trinajstić information content (AvgIpc) is 2.52. The van der Waals surface area contributed by atoms with Gasteiger partial charge in [-0.25, -0.2) is 0 Å². The largest absolute Gasteiger partial charge is 0.326 e. The Labute approximate surface area is 125 Å². The number of nitrogens with two attached hydrogens (primary N) is 1. The quantitative estimate of drug-likeness (QED) is 0.884.